The van der Waals surface area contributed by atoms with Gasteiger partial charge in [-0.3, -0.25) is 0 Å². The van der Waals surface area contributed by atoms with Crippen LogP contribution in [0.1, 0.15) is 36.6 Å². The van der Waals surface area contributed by atoms with Gasteiger partial charge in [0.25, 0.3) is 0 Å². The number of nitriles is 2. The molecule has 2 heterocycles. The highest BCUT2D eigenvalue weighted by atomic mass is 16.4. The van der Waals surface area contributed by atoms with Gasteiger partial charge < -0.3 is 19.9 Å². The lowest BCUT2D eigenvalue weighted by Crippen LogP contribution is -2.29. The van der Waals surface area contributed by atoms with E-state index in [1.807, 2.05) is 24.3 Å². The molecule has 180 valence electrons. The zero-order valence-corrected chi connectivity index (χ0v) is 20.4. The van der Waals surface area contributed by atoms with Crippen molar-refractivity contribution in [1.82, 2.24) is 9.88 Å². The number of aromatic amines is 1. The molecule has 0 unspecified atom stereocenters. The van der Waals surface area contributed by atoms with E-state index in [-0.39, 0.29) is 0 Å². The summed E-state index contributed by atoms with van der Waals surface area (Å²) in [6.07, 6.45) is 3.73. The van der Waals surface area contributed by atoms with Crippen molar-refractivity contribution in [3.8, 4) is 23.3 Å². The molecule has 5 rings (SSSR count). The second-order valence-electron chi connectivity index (χ2n) is 9.18. The van der Waals surface area contributed by atoms with Crippen LogP contribution in [0.25, 0.3) is 22.0 Å². The number of nitrogens with zero attached hydrogens (tertiary/aromatic N) is 3. The number of nitrogens with one attached hydrogen (secondary N) is 1. The van der Waals surface area contributed by atoms with E-state index in [1.54, 1.807) is 18.2 Å². The van der Waals surface area contributed by atoms with Crippen LogP contribution in [0.2, 0.25) is 0 Å². The third kappa shape index (κ3) is 6.21. The highest BCUT2D eigenvalue weighted by Crippen LogP contribution is 2.26. The van der Waals surface area contributed by atoms with E-state index in [1.165, 1.54) is 42.0 Å². The number of H-pyrrole nitrogens is 1. The zero-order valence-electron chi connectivity index (χ0n) is 20.4. The molecule has 0 radical (unpaired) electrons. The number of hydrogen-bond donors (Lipinski definition) is 3. The minimum absolute atomic E-state index is 0.337. The first-order valence-electron chi connectivity index (χ1n) is 12.2. The van der Waals surface area contributed by atoms with Gasteiger partial charge in [0.15, 0.2) is 0 Å². The Kier molecular flexibility index (Phi) is 8.20. The predicted octanol–water partition coefficient (Wildman–Crippen LogP) is 3.97. The topological polar surface area (TPSA) is 107 Å². The molecule has 1 atom stereocenters. The molecular formula is C29H29BN4O2. The molecule has 0 bridgehead atoms. The summed E-state index contributed by atoms with van der Waals surface area (Å²) in [6, 6.07) is 27.6. The van der Waals surface area contributed by atoms with E-state index in [2.05, 4.69) is 53.2 Å². The van der Waals surface area contributed by atoms with Crippen molar-refractivity contribution in [1.29, 1.82) is 10.5 Å². The van der Waals surface area contributed by atoms with Gasteiger partial charge in [-0.1, -0.05) is 30.3 Å². The van der Waals surface area contributed by atoms with E-state index in [0.717, 1.165) is 30.1 Å². The third-order valence-corrected chi connectivity index (χ3v) is 6.67. The van der Waals surface area contributed by atoms with Gasteiger partial charge in [-0.15, -0.1) is 0 Å². The fourth-order valence-electron chi connectivity index (χ4n) is 4.63. The van der Waals surface area contributed by atoms with Gasteiger partial charge in [0.05, 0.1) is 23.3 Å². The molecule has 6 nitrogen and oxygen atoms in total. The van der Waals surface area contributed by atoms with Crippen molar-refractivity contribution < 1.29 is 10.0 Å². The summed E-state index contributed by atoms with van der Waals surface area (Å²) < 4.78 is 0. The van der Waals surface area contributed by atoms with Crippen LogP contribution in [0.5, 0.6) is 0 Å². The Morgan fingerprint density at radius 1 is 0.944 bits per heavy atom. The molecular weight excluding hydrogens is 447 g/mol. The molecule has 0 amide bonds. The van der Waals surface area contributed by atoms with Gasteiger partial charge in [-0.25, -0.2) is 0 Å². The Hall–Kier alpha value is -3.88. The van der Waals surface area contributed by atoms with Crippen LogP contribution in [0, 0.1) is 22.7 Å². The smallest absolute Gasteiger partial charge is 0.423 e. The van der Waals surface area contributed by atoms with Gasteiger partial charge in [0, 0.05) is 35.6 Å². The number of hydrogen-bond acceptors (Lipinski definition) is 5. The van der Waals surface area contributed by atoms with E-state index in [9.17, 15) is 0 Å². The molecule has 1 saturated heterocycles. The molecule has 36 heavy (non-hydrogen) atoms. The summed E-state index contributed by atoms with van der Waals surface area (Å²) in [7, 11) is -1.50. The summed E-state index contributed by atoms with van der Waals surface area (Å²) in [5.41, 5.74) is 6.20. The van der Waals surface area contributed by atoms with Crippen LogP contribution in [-0.2, 0) is 6.42 Å². The van der Waals surface area contributed by atoms with Gasteiger partial charge in [-0.2, -0.15) is 10.5 Å². The SMILES string of the molecule is C[C@@H]1CCCN1CCc1cc2cc(-c3cccc(C#N)c3)ccc2[nH]1.N#Cc1cccc(B(O)O)c1. The largest absolute Gasteiger partial charge is 0.488 e. The molecule has 3 aromatic carbocycles. The zero-order chi connectivity index (χ0) is 25.5. The highest BCUT2D eigenvalue weighted by molar-refractivity contribution is 6.58. The summed E-state index contributed by atoms with van der Waals surface area (Å²) in [5, 5.41) is 36.1. The van der Waals surface area contributed by atoms with Crippen LogP contribution >= 0.6 is 0 Å². The lowest BCUT2D eigenvalue weighted by Gasteiger charge is -2.20. The van der Waals surface area contributed by atoms with Crippen molar-refractivity contribution in [2.45, 2.75) is 32.2 Å². The third-order valence-electron chi connectivity index (χ3n) is 6.67. The second-order valence-corrected chi connectivity index (χ2v) is 9.18. The predicted molar refractivity (Wildman–Crippen MR) is 143 cm³/mol. The first kappa shape index (κ1) is 25.2. The minimum atomic E-state index is -1.50. The van der Waals surface area contributed by atoms with Crippen molar-refractivity contribution in [3.63, 3.8) is 0 Å². The van der Waals surface area contributed by atoms with Crippen LogP contribution in [0.4, 0.5) is 0 Å². The van der Waals surface area contributed by atoms with Crippen molar-refractivity contribution in [3.05, 3.63) is 89.6 Å². The maximum absolute atomic E-state index is 9.09. The average molecular weight is 476 g/mol. The number of benzene rings is 3. The molecule has 1 aliphatic heterocycles. The Bertz CT molecular complexity index is 1420. The summed E-state index contributed by atoms with van der Waals surface area (Å²) in [4.78, 5) is 6.14. The van der Waals surface area contributed by atoms with Gasteiger partial charge in [-0.05, 0) is 85.4 Å². The Balaban J connectivity index is 0.000000233. The van der Waals surface area contributed by atoms with Crippen LogP contribution in [-0.4, -0.2) is 46.2 Å². The van der Waals surface area contributed by atoms with Crippen LogP contribution < -0.4 is 5.46 Å². The number of fused-ring (bicyclic) bond motifs is 1. The monoisotopic (exact) mass is 476 g/mol. The first-order chi connectivity index (χ1) is 17.5. The molecule has 1 fully saturated rings. The normalized spacial score (nSPS) is 15.1. The molecule has 3 N–H and O–H groups in total. The van der Waals surface area contributed by atoms with Crippen molar-refractivity contribution in [2.75, 3.05) is 13.1 Å². The van der Waals surface area contributed by atoms with Gasteiger partial charge in [0.1, 0.15) is 0 Å². The van der Waals surface area contributed by atoms with E-state index < -0.39 is 7.12 Å². The Morgan fingerprint density at radius 2 is 1.67 bits per heavy atom. The Morgan fingerprint density at radius 3 is 2.36 bits per heavy atom. The standard InChI is InChI=1S/C22H23N3.C7H6BNO2/c1-16-4-3-10-25(16)11-9-21-14-20-13-19(7-8-22(20)24-21)18-6-2-5-17(12-18)15-23;9-5-6-2-1-3-7(4-6)8(10)11/h2,5-8,12-14,16,24H,3-4,9-11H2,1H3;1-4,10-11H/t16-;/m1./s1. The number of likely N-dealkylation sites (tertiary alicyclic amines) is 1. The van der Waals surface area contributed by atoms with Crippen molar-refractivity contribution in [2.24, 2.45) is 0 Å². The molecule has 1 aromatic heterocycles. The van der Waals surface area contributed by atoms with Crippen LogP contribution in [0.15, 0.2) is 72.8 Å². The minimum Gasteiger partial charge on any atom is -0.423 e. The molecule has 0 aliphatic carbocycles. The fourth-order valence-corrected chi connectivity index (χ4v) is 4.63. The van der Waals surface area contributed by atoms with Crippen molar-refractivity contribution >= 4 is 23.5 Å². The summed E-state index contributed by atoms with van der Waals surface area (Å²) in [6.45, 7) is 4.70. The first-order valence-corrected chi connectivity index (χ1v) is 12.2. The molecule has 4 aromatic rings. The average Bonchev–Trinajstić information content (AvgIpc) is 3.52. The van der Waals surface area contributed by atoms with E-state index in [4.69, 9.17) is 20.6 Å². The number of rotatable bonds is 5. The molecule has 0 saturated carbocycles. The number of aromatic nitrogens is 1. The molecule has 7 heteroatoms. The van der Waals surface area contributed by atoms with E-state index >= 15 is 0 Å². The maximum Gasteiger partial charge on any atom is 0.488 e. The van der Waals surface area contributed by atoms with E-state index in [0.29, 0.717) is 16.6 Å². The maximum atomic E-state index is 9.09. The molecule has 1 aliphatic rings. The van der Waals surface area contributed by atoms with Gasteiger partial charge in [0.2, 0.25) is 0 Å². The van der Waals surface area contributed by atoms with Gasteiger partial charge >= 0.3 is 7.12 Å². The second kappa shape index (κ2) is 11.7. The summed E-state index contributed by atoms with van der Waals surface area (Å²) in [5.74, 6) is 0. The molecule has 0 spiro atoms. The lowest BCUT2D eigenvalue weighted by molar-refractivity contribution is 0.271. The lowest BCUT2D eigenvalue weighted by atomic mass is 9.80. The quantitative estimate of drug-likeness (QED) is 0.378. The fraction of sp³-hybridized carbons (Fsp3) is 0.241. The Labute approximate surface area is 212 Å². The van der Waals surface area contributed by atoms with Crippen LogP contribution in [0.3, 0.4) is 0 Å². The summed E-state index contributed by atoms with van der Waals surface area (Å²) >= 11 is 0. The highest BCUT2D eigenvalue weighted by Gasteiger charge is 2.19.